The van der Waals surface area contributed by atoms with Crippen molar-refractivity contribution < 1.29 is 14.3 Å². The fourth-order valence-corrected chi connectivity index (χ4v) is 2.05. The predicted octanol–water partition coefficient (Wildman–Crippen LogP) is -0.225. The van der Waals surface area contributed by atoms with Crippen molar-refractivity contribution in [3.63, 3.8) is 0 Å². The van der Waals surface area contributed by atoms with Crippen molar-refractivity contribution in [2.24, 2.45) is 5.73 Å². The van der Waals surface area contributed by atoms with Crippen LogP contribution in [0.2, 0.25) is 0 Å². The molecule has 0 unspecified atom stereocenters. The van der Waals surface area contributed by atoms with Crippen molar-refractivity contribution in [2.75, 3.05) is 13.2 Å². The van der Waals surface area contributed by atoms with E-state index in [1.807, 2.05) is 18.2 Å². The lowest BCUT2D eigenvalue weighted by Crippen LogP contribution is -2.63. The summed E-state index contributed by atoms with van der Waals surface area (Å²) in [7, 11) is 0. The molecule has 0 radical (unpaired) electrons. The van der Waals surface area contributed by atoms with Gasteiger partial charge in [-0.3, -0.25) is 14.6 Å². The summed E-state index contributed by atoms with van der Waals surface area (Å²) >= 11 is 0. The van der Waals surface area contributed by atoms with Crippen molar-refractivity contribution >= 4 is 11.8 Å². The standard InChI is InChI=1S/C13H17N3O3/c14-11(17)7-13(8-19-9-13)16-12(18)5-4-10-3-1-2-6-15-10/h1-3,6H,4-5,7-9H2,(H2,14,17)(H,16,18). The summed E-state index contributed by atoms with van der Waals surface area (Å²) in [5.41, 5.74) is 5.44. The van der Waals surface area contributed by atoms with Crippen LogP contribution in [0.3, 0.4) is 0 Å². The number of nitrogens with zero attached hydrogens (tertiary/aromatic N) is 1. The molecular formula is C13H17N3O3. The first-order chi connectivity index (χ1) is 9.10. The van der Waals surface area contributed by atoms with Crippen LogP contribution in [0.4, 0.5) is 0 Å². The highest BCUT2D eigenvalue weighted by Gasteiger charge is 2.41. The Labute approximate surface area is 111 Å². The van der Waals surface area contributed by atoms with E-state index in [0.29, 0.717) is 26.1 Å². The van der Waals surface area contributed by atoms with Gasteiger partial charge in [0.25, 0.3) is 0 Å². The van der Waals surface area contributed by atoms with E-state index in [2.05, 4.69) is 10.3 Å². The normalized spacial score (nSPS) is 16.4. The number of nitrogens with one attached hydrogen (secondary N) is 1. The second-order valence-corrected chi connectivity index (χ2v) is 4.79. The average molecular weight is 263 g/mol. The maximum atomic E-state index is 11.9. The maximum absolute atomic E-state index is 11.9. The first-order valence-electron chi connectivity index (χ1n) is 6.17. The SMILES string of the molecule is NC(=O)CC1(NC(=O)CCc2ccccn2)COC1. The monoisotopic (exact) mass is 263 g/mol. The van der Waals surface area contributed by atoms with Gasteiger partial charge in [0.15, 0.2) is 0 Å². The van der Waals surface area contributed by atoms with Crippen LogP contribution in [-0.4, -0.2) is 35.6 Å². The molecule has 0 aliphatic carbocycles. The van der Waals surface area contributed by atoms with Crippen molar-refractivity contribution in [3.05, 3.63) is 30.1 Å². The van der Waals surface area contributed by atoms with Crippen LogP contribution >= 0.6 is 0 Å². The Morgan fingerprint density at radius 1 is 1.42 bits per heavy atom. The highest BCUT2D eigenvalue weighted by Crippen LogP contribution is 2.21. The quantitative estimate of drug-likeness (QED) is 0.741. The number of aryl methyl sites for hydroxylation is 1. The van der Waals surface area contributed by atoms with E-state index in [-0.39, 0.29) is 12.3 Å². The minimum atomic E-state index is -0.604. The molecule has 6 nitrogen and oxygen atoms in total. The van der Waals surface area contributed by atoms with Crippen LogP contribution in [0, 0.1) is 0 Å². The molecule has 19 heavy (non-hydrogen) atoms. The minimum Gasteiger partial charge on any atom is -0.376 e. The number of rotatable bonds is 6. The van der Waals surface area contributed by atoms with Crippen molar-refractivity contribution in [2.45, 2.75) is 24.8 Å². The Morgan fingerprint density at radius 3 is 2.74 bits per heavy atom. The number of primary amides is 1. The van der Waals surface area contributed by atoms with Crippen LogP contribution in [-0.2, 0) is 20.7 Å². The first kappa shape index (κ1) is 13.5. The fourth-order valence-electron chi connectivity index (χ4n) is 2.05. The zero-order chi connectivity index (χ0) is 13.7. The van der Waals surface area contributed by atoms with E-state index in [1.54, 1.807) is 6.20 Å². The summed E-state index contributed by atoms with van der Waals surface area (Å²) in [4.78, 5) is 27.0. The molecule has 0 saturated carbocycles. The predicted molar refractivity (Wildman–Crippen MR) is 68.1 cm³/mol. The van der Waals surface area contributed by atoms with Gasteiger partial charge < -0.3 is 15.8 Å². The highest BCUT2D eigenvalue weighted by atomic mass is 16.5. The Balaban J connectivity index is 1.82. The number of ether oxygens (including phenoxy) is 1. The molecular weight excluding hydrogens is 246 g/mol. The summed E-state index contributed by atoms with van der Waals surface area (Å²) in [5, 5.41) is 2.84. The second-order valence-electron chi connectivity index (χ2n) is 4.79. The van der Waals surface area contributed by atoms with Crippen LogP contribution in [0.15, 0.2) is 24.4 Å². The van der Waals surface area contributed by atoms with E-state index in [0.717, 1.165) is 5.69 Å². The molecule has 1 aliphatic heterocycles. The van der Waals surface area contributed by atoms with Gasteiger partial charge in [-0.05, 0) is 18.6 Å². The van der Waals surface area contributed by atoms with E-state index < -0.39 is 11.4 Å². The van der Waals surface area contributed by atoms with E-state index in [4.69, 9.17) is 10.5 Å². The van der Waals surface area contributed by atoms with Crippen molar-refractivity contribution in [1.82, 2.24) is 10.3 Å². The number of pyridine rings is 1. The summed E-state index contributed by atoms with van der Waals surface area (Å²) in [5.74, 6) is -0.552. The molecule has 0 spiro atoms. The first-order valence-corrected chi connectivity index (χ1v) is 6.17. The van der Waals surface area contributed by atoms with Crippen LogP contribution in [0.1, 0.15) is 18.5 Å². The van der Waals surface area contributed by atoms with E-state index >= 15 is 0 Å². The van der Waals surface area contributed by atoms with E-state index in [1.165, 1.54) is 0 Å². The number of hydrogen-bond acceptors (Lipinski definition) is 4. The van der Waals surface area contributed by atoms with Gasteiger partial charge in [-0.2, -0.15) is 0 Å². The number of carbonyl (C=O) groups excluding carboxylic acids is 2. The molecule has 102 valence electrons. The van der Waals surface area contributed by atoms with Gasteiger partial charge in [0, 0.05) is 18.3 Å². The van der Waals surface area contributed by atoms with Gasteiger partial charge in [0.1, 0.15) is 0 Å². The van der Waals surface area contributed by atoms with E-state index in [9.17, 15) is 9.59 Å². The maximum Gasteiger partial charge on any atom is 0.220 e. The van der Waals surface area contributed by atoms with Gasteiger partial charge in [-0.1, -0.05) is 6.07 Å². The smallest absolute Gasteiger partial charge is 0.220 e. The van der Waals surface area contributed by atoms with Crippen molar-refractivity contribution in [1.29, 1.82) is 0 Å². The lowest BCUT2D eigenvalue weighted by atomic mass is 9.92. The summed E-state index contributed by atoms with van der Waals surface area (Å²) in [6, 6.07) is 5.59. The Bertz CT molecular complexity index is 457. The van der Waals surface area contributed by atoms with Gasteiger partial charge in [0.05, 0.1) is 25.2 Å². The number of hydrogen-bond donors (Lipinski definition) is 2. The Hall–Kier alpha value is -1.95. The molecule has 0 bridgehead atoms. The third-order valence-electron chi connectivity index (χ3n) is 3.01. The Morgan fingerprint density at radius 2 is 2.21 bits per heavy atom. The van der Waals surface area contributed by atoms with Gasteiger partial charge in [-0.25, -0.2) is 0 Å². The largest absolute Gasteiger partial charge is 0.376 e. The molecule has 2 rings (SSSR count). The molecule has 0 aromatic carbocycles. The molecule has 1 saturated heterocycles. The van der Waals surface area contributed by atoms with Crippen molar-refractivity contribution in [3.8, 4) is 0 Å². The number of amides is 2. The molecule has 1 aliphatic rings. The third-order valence-corrected chi connectivity index (χ3v) is 3.01. The topological polar surface area (TPSA) is 94.3 Å². The molecule has 2 heterocycles. The van der Waals surface area contributed by atoms with Gasteiger partial charge >= 0.3 is 0 Å². The molecule has 3 N–H and O–H groups in total. The fraction of sp³-hybridized carbons (Fsp3) is 0.462. The van der Waals surface area contributed by atoms with Gasteiger partial charge in [-0.15, -0.1) is 0 Å². The van der Waals surface area contributed by atoms with Crippen LogP contribution in [0.25, 0.3) is 0 Å². The summed E-state index contributed by atoms with van der Waals surface area (Å²) in [6.07, 6.45) is 2.71. The second kappa shape index (κ2) is 5.79. The molecule has 1 aromatic rings. The summed E-state index contributed by atoms with van der Waals surface area (Å²) < 4.78 is 5.07. The average Bonchev–Trinajstić information content (AvgIpc) is 2.34. The molecule has 6 heteroatoms. The zero-order valence-corrected chi connectivity index (χ0v) is 10.6. The van der Waals surface area contributed by atoms with Crippen LogP contribution in [0.5, 0.6) is 0 Å². The molecule has 1 aromatic heterocycles. The number of nitrogens with two attached hydrogens (primary N) is 1. The molecule has 0 atom stereocenters. The third kappa shape index (κ3) is 3.75. The lowest BCUT2D eigenvalue weighted by Gasteiger charge is -2.41. The minimum absolute atomic E-state index is 0.113. The molecule has 2 amide bonds. The molecule has 1 fully saturated rings. The van der Waals surface area contributed by atoms with Crippen LogP contribution < -0.4 is 11.1 Å². The summed E-state index contributed by atoms with van der Waals surface area (Å²) in [6.45, 7) is 0.677. The highest BCUT2D eigenvalue weighted by molar-refractivity contribution is 5.80. The lowest BCUT2D eigenvalue weighted by molar-refractivity contribution is -0.138. The number of aromatic nitrogens is 1. The van der Waals surface area contributed by atoms with Gasteiger partial charge in [0.2, 0.25) is 11.8 Å². The number of carbonyl (C=O) groups is 2. The Kier molecular flexibility index (Phi) is 4.11. The zero-order valence-electron chi connectivity index (χ0n) is 10.6.